The van der Waals surface area contributed by atoms with E-state index in [1.807, 2.05) is 0 Å². The molecule has 9 heteroatoms. The zero-order valence-electron chi connectivity index (χ0n) is 13.9. The summed E-state index contributed by atoms with van der Waals surface area (Å²) in [5.41, 5.74) is 0.263. The molecule has 0 fully saturated rings. The first-order valence-corrected chi connectivity index (χ1v) is 8.07. The maximum absolute atomic E-state index is 12.8. The van der Waals surface area contributed by atoms with Crippen molar-refractivity contribution < 1.29 is 23.1 Å². The molecule has 0 bridgehead atoms. The number of nitrogens with zero attached hydrogens (tertiary/aromatic N) is 1. The van der Waals surface area contributed by atoms with Gasteiger partial charge in [-0.15, -0.1) is 0 Å². The molecule has 1 aromatic heterocycles. The van der Waals surface area contributed by atoms with Crippen LogP contribution >= 0.6 is 11.6 Å². The number of para-hydroxylation sites is 1. The molecule has 0 saturated heterocycles. The first-order chi connectivity index (χ1) is 12.7. The van der Waals surface area contributed by atoms with Gasteiger partial charge >= 0.3 is 6.18 Å². The van der Waals surface area contributed by atoms with Gasteiger partial charge in [0.1, 0.15) is 11.4 Å². The summed E-state index contributed by atoms with van der Waals surface area (Å²) in [6.07, 6.45) is -4.56. The molecular weight excluding hydrogens is 383 g/mol. The van der Waals surface area contributed by atoms with E-state index in [1.165, 1.54) is 6.07 Å². The largest absolute Gasteiger partial charge is 0.507 e. The van der Waals surface area contributed by atoms with E-state index < -0.39 is 17.6 Å². The van der Waals surface area contributed by atoms with Crippen LogP contribution < -0.4 is 5.32 Å². The number of phenolic OH excluding ortho intramolecular Hbond substituents is 1. The van der Waals surface area contributed by atoms with Gasteiger partial charge in [-0.3, -0.25) is 9.89 Å². The van der Waals surface area contributed by atoms with Crippen LogP contribution in [0.2, 0.25) is 5.02 Å². The predicted molar refractivity (Wildman–Crippen MR) is 94.8 cm³/mol. The number of carbonyl (C=O) groups is 1. The zero-order valence-corrected chi connectivity index (χ0v) is 14.6. The lowest BCUT2D eigenvalue weighted by Crippen LogP contribution is -2.14. The van der Waals surface area contributed by atoms with Crippen molar-refractivity contribution in [2.45, 2.75) is 13.1 Å². The molecule has 0 aliphatic rings. The molecule has 27 heavy (non-hydrogen) atoms. The molecule has 0 radical (unpaired) electrons. The molecule has 3 rings (SSSR count). The normalized spacial score (nSPS) is 11.4. The highest BCUT2D eigenvalue weighted by Gasteiger charge is 2.31. The standard InChI is InChI=1S/C18H13ClF3N3O2/c1-9-3-2-4-11(16(9)26)13-8-15(25-24-13)17(27)23-14-7-10(18(20,21)22)5-6-12(14)19/h2-8,26H,1H3,(H,23,27)(H,24,25). The van der Waals surface area contributed by atoms with Crippen LogP contribution in [0.1, 0.15) is 21.6 Å². The van der Waals surface area contributed by atoms with E-state index in [2.05, 4.69) is 15.5 Å². The Balaban J connectivity index is 1.86. The van der Waals surface area contributed by atoms with Gasteiger partial charge in [0.25, 0.3) is 5.91 Å². The smallest absolute Gasteiger partial charge is 0.416 e. The van der Waals surface area contributed by atoms with Gasteiger partial charge in [0.15, 0.2) is 0 Å². The van der Waals surface area contributed by atoms with Gasteiger partial charge in [0.2, 0.25) is 0 Å². The maximum Gasteiger partial charge on any atom is 0.416 e. The van der Waals surface area contributed by atoms with Gasteiger partial charge in [-0.05, 0) is 42.8 Å². The summed E-state index contributed by atoms with van der Waals surface area (Å²) >= 11 is 5.88. The predicted octanol–water partition coefficient (Wildman–Crippen LogP) is 5.02. The van der Waals surface area contributed by atoms with Crippen LogP contribution in [-0.2, 0) is 6.18 Å². The van der Waals surface area contributed by atoms with Gasteiger partial charge in [0, 0.05) is 5.56 Å². The molecule has 0 aliphatic carbocycles. The van der Waals surface area contributed by atoms with E-state index in [0.717, 1.165) is 18.2 Å². The topological polar surface area (TPSA) is 78.0 Å². The number of rotatable bonds is 3. The monoisotopic (exact) mass is 395 g/mol. The second-order valence-corrected chi connectivity index (χ2v) is 6.19. The Morgan fingerprint density at radius 3 is 2.67 bits per heavy atom. The number of hydrogen-bond donors (Lipinski definition) is 3. The lowest BCUT2D eigenvalue weighted by molar-refractivity contribution is -0.137. The summed E-state index contributed by atoms with van der Waals surface area (Å²) in [5.74, 6) is -0.695. The average molecular weight is 396 g/mol. The molecule has 0 atom stereocenters. The Bertz CT molecular complexity index is 1020. The van der Waals surface area contributed by atoms with Crippen molar-refractivity contribution in [1.29, 1.82) is 0 Å². The summed E-state index contributed by atoms with van der Waals surface area (Å²) in [7, 11) is 0. The number of aromatic nitrogens is 2. The van der Waals surface area contributed by atoms with Crippen molar-refractivity contribution in [3.05, 3.63) is 64.3 Å². The number of H-pyrrole nitrogens is 1. The quantitative estimate of drug-likeness (QED) is 0.583. The number of amides is 1. The number of benzene rings is 2. The number of carbonyl (C=O) groups excluding carboxylic acids is 1. The van der Waals surface area contributed by atoms with E-state index in [0.29, 0.717) is 16.8 Å². The fourth-order valence-electron chi connectivity index (χ4n) is 2.43. The summed E-state index contributed by atoms with van der Waals surface area (Å²) in [4.78, 5) is 12.3. The third-order valence-electron chi connectivity index (χ3n) is 3.88. The minimum absolute atomic E-state index is 0.000570. The fraction of sp³-hybridized carbons (Fsp3) is 0.111. The Morgan fingerprint density at radius 2 is 1.96 bits per heavy atom. The third-order valence-corrected chi connectivity index (χ3v) is 4.21. The number of hydrogen-bond acceptors (Lipinski definition) is 3. The molecular formula is C18H13ClF3N3O2. The van der Waals surface area contributed by atoms with Crippen LogP contribution in [-0.4, -0.2) is 21.2 Å². The number of halogens is 4. The van der Waals surface area contributed by atoms with E-state index >= 15 is 0 Å². The van der Waals surface area contributed by atoms with E-state index in [-0.39, 0.29) is 22.2 Å². The summed E-state index contributed by atoms with van der Waals surface area (Å²) in [6, 6.07) is 9.09. The third kappa shape index (κ3) is 3.90. The summed E-state index contributed by atoms with van der Waals surface area (Å²) in [6.45, 7) is 1.72. The fourth-order valence-corrected chi connectivity index (χ4v) is 2.59. The van der Waals surface area contributed by atoms with Crippen LogP contribution in [0.4, 0.5) is 18.9 Å². The Hall–Kier alpha value is -3.00. The number of aromatic amines is 1. The number of phenols is 1. The van der Waals surface area contributed by atoms with Crippen LogP contribution in [0.5, 0.6) is 5.75 Å². The van der Waals surface area contributed by atoms with Crippen molar-refractivity contribution >= 4 is 23.2 Å². The molecule has 3 aromatic rings. The highest BCUT2D eigenvalue weighted by Crippen LogP contribution is 2.34. The molecule has 0 saturated carbocycles. The number of nitrogens with one attached hydrogen (secondary N) is 2. The maximum atomic E-state index is 12.8. The van der Waals surface area contributed by atoms with Crippen LogP contribution in [0, 0.1) is 6.92 Å². The van der Waals surface area contributed by atoms with Crippen LogP contribution in [0.3, 0.4) is 0 Å². The van der Waals surface area contributed by atoms with E-state index in [9.17, 15) is 23.1 Å². The molecule has 2 aromatic carbocycles. The van der Waals surface area contributed by atoms with Gasteiger partial charge in [0.05, 0.1) is 22.0 Å². The van der Waals surface area contributed by atoms with Crippen molar-refractivity contribution in [2.24, 2.45) is 0 Å². The van der Waals surface area contributed by atoms with Gasteiger partial charge in [-0.2, -0.15) is 18.3 Å². The van der Waals surface area contributed by atoms with Gasteiger partial charge < -0.3 is 10.4 Å². The molecule has 3 N–H and O–H groups in total. The second kappa shape index (κ2) is 6.96. The van der Waals surface area contributed by atoms with Gasteiger partial charge in [-0.1, -0.05) is 23.7 Å². The van der Waals surface area contributed by atoms with Crippen molar-refractivity contribution in [3.63, 3.8) is 0 Å². The molecule has 1 heterocycles. The van der Waals surface area contributed by atoms with Crippen molar-refractivity contribution in [3.8, 4) is 17.0 Å². The molecule has 0 aliphatic heterocycles. The van der Waals surface area contributed by atoms with E-state index in [4.69, 9.17) is 11.6 Å². The lowest BCUT2D eigenvalue weighted by atomic mass is 10.1. The highest BCUT2D eigenvalue weighted by molar-refractivity contribution is 6.33. The molecule has 140 valence electrons. The molecule has 0 unspecified atom stereocenters. The highest BCUT2D eigenvalue weighted by atomic mass is 35.5. The minimum atomic E-state index is -4.56. The van der Waals surface area contributed by atoms with Crippen molar-refractivity contribution in [2.75, 3.05) is 5.32 Å². The molecule has 0 spiro atoms. The number of alkyl halides is 3. The summed E-state index contributed by atoms with van der Waals surface area (Å²) in [5, 5.41) is 18.9. The Kier molecular flexibility index (Phi) is 4.84. The van der Waals surface area contributed by atoms with E-state index in [1.54, 1.807) is 25.1 Å². The van der Waals surface area contributed by atoms with Crippen LogP contribution in [0.15, 0.2) is 42.5 Å². The zero-order chi connectivity index (χ0) is 19.8. The number of aromatic hydroxyl groups is 1. The molecule has 5 nitrogen and oxygen atoms in total. The number of aryl methyl sites for hydroxylation is 1. The first kappa shape index (κ1) is 18.8. The molecule has 1 amide bonds. The summed E-state index contributed by atoms with van der Waals surface area (Å²) < 4.78 is 38.5. The SMILES string of the molecule is Cc1cccc(-c2cc(C(=O)Nc3cc(C(F)(F)F)ccc3Cl)[nH]n2)c1O. The lowest BCUT2D eigenvalue weighted by Gasteiger charge is -2.11. The Labute approximate surface area is 156 Å². The number of anilines is 1. The van der Waals surface area contributed by atoms with Gasteiger partial charge in [-0.25, -0.2) is 0 Å². The second-order valence-electron chi connectivity index (χ2n) is 5.78. The van der Waals surface area contributed by atoms with Crippen LogP contribution in [0.25, 0.3) is 11.3 Å². The minimum Gasteiger partial charge on any atom is -0.507 e. The first-order valence-electron chi connectivity index (χ1n) is 7.69. The average Bonchev–Trinajstić information content (AvgIpc) is 3.08. The van der Waals surface area contributed by atoms with Crippen molar-refractivity contribution in [1.82, 2.24) is 10.2 Å². The Morgan fingerprint density at radius 1 is 1.22 bits per heavy atom.